The molecule has 0 aromatic carbocycles. The Morgan fingerprint density at radius 3 is 2.56 bits per heavy atom. The highest BCUT2D eigenvalue weighted by molar-refractivity contribution is 5.81. The van der Waals surface area contributed by atoms with Gasteiger partial charge >= 0.3 is 0 Å². The fourth-order valence-electron chi connectivity index (χ4n) is 2.75. The first-order valence-electron chi connectivity index (χ1n) is 7.19. The van der Waals surface area contributed by atoms with Gasteiger partial charge in [-0.3, -0.25) is 4.79 Å². The summed E-state index contributed by atoms with van der Waals surface area (Å²) < 4.78 is 0. The fraction of sp³-hybridized carbons (Fsp3) is 0.786. The van der Waals surface area contributed by atoms with Crippen molar-refractivity contribution in [3.05, 3.63) is 12.2 Å². The molecule has 4 heteroatoms. The predicted octanol–water partition coefficient (Wildman–Crippen LogP) is 0.882. The number of rotatable bonds is 4. The molecule has 1 aliphatic heterocycles. The Morgan fingerprint density at radius 2 is 1.94 bits per heavy atom. The van der Waals surface area contributed by atoms with Crippen LogP contribution >= 0.6 is 0 Å². The number of hydrogen-bond acceptors (Lipinski definition) is 3. The maximum absolute atomic E-state index is 11.9. The monoisotopic (exact) mass is 251 g/mol. The second kappa shape index (κ2) is 6.90. The molecular formula is C14H25N3O. The lowest BCUT2D eigenvalue weighted by Crippen LogP contribution is -2.38. The molecule has 0 saturated carbocycles. The number of amides is 1. The van der Waals surface area contributed by atoms with Crippen LogP contribution in [0.5, 0.6) is 0 Å². The number of nitrogens with two attached hydrogens (primary N) is 1. The van der Waals surface area contributed by atoms with Gasteiger partial charge in [-0.15, -0.1) is 0 Å². The molecule has 102 valence electrons. The normalized spacial score (nSPS) is 29.2. The van der Waals surface area contributed by atoms with Crippen molar-refractivity contribution in [1.82, 2.24) is 10.2 Å². The molecule has 2 aliphatic rings. The molecule has 0 radical (unpaired) electrons. The lowest BCUT2D eigenvalue weighted by atomic mass is 10.1. The summed E-state index contributed by atoms with van der Waals surface area (Å²) in [5.41, 5.74) is 5.75. The lowest BCUT2D eigenvalue weighted by Gasteiger charge is -2.20. The van der Waals surface area contributed by atoms with E-state index in [-0.39, 0.29) is 17.9 Å². The van der Waals surface area contributed by atoms with Crippen LogP contribution in [-0.4, -0.2) is 43.0 Å². The molecule has 2 unspecified atom stereocenters. The Hall–Kier alpha value is -0.870. The molecule has 18 heavy (non-hydrogen) atoms. The second-order valence-corrected chi connectivity index (χ2v) is 5.44. The van der Waals surface area contributed by atoms with Gasteiger partial charge in [-0.25, -0.2) is 0 Å². The van der Waals surface area contributed by atoms with Crippen molar-refractivity contribution in [3.63, 3.8) is 0 Å². The summed E-state index contributed by atoms with van der Waals surface area (Å²) in [6, 6.07) is 0.0614. The van der Waals surface area contributed by atoms with Crippen molar-refractivity contribution in [3.8, 4) is 0 Å². The van der Waals surface area contributed by atoms with E-state index in [0.29, 0.717) is 0 Å². The molecule has 1 aliphatic carbocycles. The summed E-state index contributed by atoms with van der Waals surface area (Å²) in [6.07, 6.45) is 9.93. The highest BCUT2D eigenvalue weighted by Gasteiger charge is 2.22. The molecule has 2 atom stereocenters. The van der Waals surface area contributed by atoms with Gasteiger partial charge in [0.15, 0.2) is 0 Å². The third-order valence-corrected chi connectivity index (χ3v) is 3.88. The molecule has 1 heterocycles. The van der Waals surface area contributed by atoms with Gasteiger partial charge < -0.3 is 16.0 Å². The molecule has 3 N–H and O–H groups in total. The molecule has 0 bridgehead atoms. The molecule has 0 aromatic heterocycles. The van der Waals surface area contributed by atoms with Gasteiger partial charge in [0.2, 0.25) is 5.91 Å². The summed E-state index contributed by atoms with van der Waals surface area (Å²) in [6.45, 7) is 4.11. The molecule has 2 rings (SSSR count). The van der Waals surface area contributed by atoms with E-state index in [2.05, 4.69) is 10.2 Å². The van der Waals surface area contributed by atoms with E-state index >= 15 is 0 Å². The van der Waals surface area contributed by atoms with Crippen molar-refractivity contribution >= 4 is 5.91 Å². The van der Waals surface area contributed by atoms with Gasteiger partial charge in [-0.2, -0.15) is 0 Å². The number of hydrogen-bond donors (Lipinski definition) is 2. The van der Waals surface area contributed by atoms with Gasteiger partial charge in [0.1, 0.15) is 0 Å². The minimum absolute atomic E-state index is 0.0101. The van der Waals surface area contributed by atoms with Crippen LogP contribution < -0.4 is 11.1 Å². The summed E-state index contributed by atoms with van der Waals surface area (Å²) in [5.74, 6) is 0.123. The lowest BCUT2D eigenvalue weighted by molar-refractivity contribution is -0.123. The molecule has 1 amide bonds. The van der Waals surface area contributed by atoms with E-state index in [1.54, 1.807) is 0 Å². The summed E-state index contributed by atoms with van der Waals surface area (Å²) in [5, 5.41) is 3.03. The van der Waals surface area contributed by atoms with E-state index in [9.17, 15) is 4.79 Å². The fourth-order valence-corrected chi connectivity index (χ4v) is 2.75. The van der Waals surface area contributed by atoms with E-state index in [1.807, 2.05) is 12.2 Å². The SMILES string of the molecule is NC1C=CC(C(=O)NCCN2CCCCCC2)C1. The van der Waals surface area contributed by atoms with E-state index in [1.165, 1.54) is 38.8 Å². The average molecular weight is 251 g/mol. The van der Waals surface area contributed by atoms with E-state index < -0.39 is 0 Å². The summed E-state index contributed by atoms with van der Waals surface area (Å²) in [4.78, 5) is 14.3. The van der Waals surface area contributed by atoms with Gasteiger partial charge in [-0.1, -0.05) is 25.0 Å². The van der Waals surface area contributed by atoms with Crippen LogP contribution in [0, 0.1) is 5.92 Å². The minimum atomic E-state index is -0.0101. The van der Waals surface area contributed by atoms with E-state index in [4.69, 9.17) is 5.73 Å². The Bertz CT molecular complexity index is 295. The minimum Gasteiger partial charge on any atom is -0.354 e. The third-order valence-electron chi connectivity index (χ3n) is 3.88. The third kappa shape index (κ3) is 4.10. The zero-order valence-electron chi connectivity index (χ0n) is 11.1. The van der Waals surface area contributed by atoms with Crippen LogP contribution in [0.1, 0.15) is 32.1 Å². The topological polar surface area (TPSA) is 58.4 Å². The van der Waals surface area contributed by atoms with Crippen molar-refractivity contribution in [2.75, 3.05) is 26.2 Å². The Morgan fingerprint density at radius 1 is 1.22 bits per heavy atom. The zero-order valence-corrected chi connectivity index (χ0v) is 11.1. The Labute approximate surface area is 110 Å². The number of likely N-dealkylation sites (tertiary alicyclic amines) is 1. The predicted molar refractivity (Wildman–Crippen MR) is 73.1 cm³/mol. The highest BCUT2D eigenvalue weighted by atomic mass is 16.1. The maximum atomic E-state index is 11.9. The van der Waals surface area contributed by atoms with Gasteiger partial charge in [0, 0.05) is 19.1 Å². The van der Waals surface area contributed by atoms with E-state index in [0.717, 1.165) is 19.5 Å². The van der Waals surface area contributed by atoms with Crippen LogP contribution in [0.25, 0.3) is 0 Å². The number of carbonyl (C=O) groups is 1. The zero-order chi connectivity index (χ0) is 12.8. The first-order valence-corrected chi connectivity index (χ1v) is 7.19. The maximum Gasteiger partial charge on any atom is 0.227 e. The molecule has 1 fully saturated rings. The van der Waals surface area contributed by atoms with Gasteiger partial charge in [0.25, 0.3) is 0 Å². The highest BCUT2D eigenvalue weighted by Crippen LogP contribution is 2.16. The molecule has 0 aromatic rings. The smallest absolute Gasteiger partial charge is 0.227 e. The molecule has 0 spiro atoms. The molecular weight excluding hydrogens is 226 g/mol. The van der Waals surface area contributed by atoms with Gasteiger partial charge in [0.05, 0.1) is 5.92 Å². The van der Waals surface area contributed by atoms with Crippen LogP contribution in [0.2, 0.25) is 0 Å². The van der Waals surface area contributed by atoms with Crippen LogP contribution in [0.4, 0.5) is 0 Å². The van der Waals surface area contributed by atoms with Crippen molar-refractivity contribution in [2.45, 2.75) is 38.1 Å². The Kier molecular flexibility index (Phi) is 5.20. The Balaban J connectivity index is 1.62. The molecule has 4 nitrogen and oxygen atoms in total. The largest absolute Gasteiger partial charge is 0.354 e. The number of nitrogens with one attached hydrogen (secondary N) is 1. The first kappa shape index (κ1) is 13.6. The standard InChI is InChI=1S/C14H25N3O/c15-13-6-5-12(11-13)14(18)16-7-10-17-8-3-1-2-4-9-17/h5-6,12-13H,1-4,7-11,15H2,(H,16,18). The van der Waals surface area contributed by atoms with Crippen molar-refractivity contribution in [2.24, 2.45) is 11.7 Å². The molecule has 1 saturated heterocycles. The second-order valence-electron chi connectivity index (χ2n) is 5.44. The number of carbonyl (C=O) groups excluding carboxylic acids is 1. The van der Waals surface area contributed by atoms with Crippen LogP contribution in [0.15, 0.2) is 12.2 Å². The average Bonchev–Trinajstić information content (AvgIpc) is 2.63. The van der Waals surface area contributed by atoms with Crippen molar-refractivity contribution in [1.29, 1.82) is 0 Å². The van der Waals surface area contributed by atoms with Gasteiger partial charge in [-0.05, 0) is 32.4 Å². The number of nitrogens with zero attached hydrogens (tertiary/aromatic N) is 1. The summed E-state index contributed by atoms with van der Waals surface area (Å²) in [7, 11) is 0. The quantitative estimate of drug-likeness (QED) is 0.729. The van der Waals surface area contributed by atoms with Crippen LogP contribution in [-0.2, 0) is 4.79 Å². The van der Waals surface area contributed by atoms with Crippen molar-refractivity contribution < 1.29 is 4.79 Å². The first-order chi connectivity index (χ1) is 8.75. The summed E-state index contributed by atoms with van der Waals surface area (Å²) >= 11 is 0. The van der Waals surface area contributed by atoms with Crippen LogP contribution in [0.3, 0.4) is 0 Å².